The Kier molecular flexibility index (Phi) is 4.86. The summed E-state index contributed by atoms with van der Waals surface area (Å²) in [6.45, 7) is 0.225. The van der Waals surface area contributed by atoms with Crippen LogP contribution in [0.4, 0.5) is 4.39 Å². The van der Waals surface area contributed by atoms with Crippen LogP contribution in [0.1, 0.15) is 15.9 Å². The Morgan fingerprint density at radius 1 is 1.05 bits per heavy atom. The van der Waals surface area contributed by atoms with Crippen molar-refractivity contribution in [3.63, 3.8) is 0 Å². The molecular formula is C14H9Cl3FNO. The lowest BCUT2D eigenvalue weighted by Gasteiger charge is -2.08. The van der Waals surface area contributed by atoms with Gasteiger partial charge in [0.2, 0.25) is 0 Å². The first-order chi connectivity index (χ1) is 9.47. The van der Waals surface area contributed by atoms with E-state index in [1.807, 2.05) is 0 Å². The van der Waals surface area contributed by atoms with Crippen LogP contribution >= 0.6 is 34.8 Å². The highest BCUT2D eigenvalue weighted by atomic mass is 35.5. The molecule has 2 rings (SSSR count). The molecule has 0 heterocycles. The van der Waals surface area contributed by atoms with E-state index in [2.05, 4.69) is 5.32 Å². The zero-order valence-corrected chi connectivity index (χ0v) is 12.4. The van der Waals surface area contributed by atoms with Crippen molar-refractivity contribution < 1.29 is 9.18 Å². The number of carbonyl (C=O) groups excluding carboxylic acids is 1. The SMILES string of the molecule is O=C(NCc1ccc(Cl)cc1Cl)c1ccc(F)cc1Cl. The predicted octanol–water partition coefficient (Wildman–Crippen LogP) is 4.72. The Morgan fingerprint density at radius 2 is 1.80 bits per heavy atom. The summed E-state index contributed by atoms with van der Waals surface area (Å²) in [5, 5.41) is 3.70. The Morgan fingerprint density at radius 3 is 2.45 bits per heavy atom. The molecule has 0 bridgehead atoms. The molecule has 2 aromatic carbocycles. The summed E-state index contributed by atoms with van der Waals surface area (Å²) in [6, 6.07) is 8.59. The van der Waals surface area contributed by atoms with Gasteiger partial charge in [-0.25, -0.2) is 4.39 Å². The second kappa shape index (κ2) is 6.44. The number of rotatable bonds is 3. The minimum Gasteiger partial charge on any atom is -0.348 e. The average Bonchev–Trinajstić information content (AvgIpc) is 2.37. The Labute approximate surface area is 130 Å². The topological polar surface area (TPSA) is 29.1 Å². The van der Waals surface area contributed by atoms with Crippen molar-refractivity contribution in [2.24, 2.45) is 0 Å². The van der Waals surface area contributed by atoms with Crippen LogP contribution in [0, 0.1) is 5.82 Å². The monoisotopic (exact) mass is 331 g/mol. The van der Waals surface area contributed by atoms with Crippen LogP contribution in [0.5, 0.6) is 0 Å². The van der Waals surface area contributed by atoms with E-state index in [0.717, 1.165) is 11.6 Å². The first-order valence-electron chi connectivity index (χ1n) is 5.64. The number of benzene rings is 2. The summed E-state index contributed by atoms with van der Waals surface area (Å²) in [6.07, 6.45) is 0. The Bertz CT molecular complexity index is 661. The number of halogens is 4. The van der Waals surface area contributed by atoms with E-state index in [-0.39, 0.29) is 17.1 Å². The molecular weight excluding hydrogens is 324 g/mol. The first-order valence-corrected chi connectivity index (χ1v) is 6.78. The van der Waals surface area contributed by atoms with E-state index in [1.54, 1.807) is 18.2 Å². The largest absolute Gasteiger partial charge is 0.348 e. The van der Waals surface area contributed by atoms with Gasteiger partial charge in [0.15, 0.2) is 0 Å². The predicted molar refractivity (Wildman–Crippen MR) is 79.0 cm³/mol. The lowest BCUT2D eigenvalue weighted by atomic mass is 10.2. The van der Waals surface area contributed by atoms with Gasteiger partial charge < -0.3 is 5.32 Å². The molecule has 0 aliphatic carbocycles. The summed E-state index contributed by atoms with van der Waals surface area (Å²) in [4.78, 5) is 11.9. The van der Waals surface area contributed by atoms with Crippen molar-refractivity contribution in [3.8, 4) is 0 Å². The van der Waals surface area contributed by atoms with Gasteiger partial charge in [-0.3, -0.25) is 4.79 Å². The third-order valence-electron chi connectivity index (χ3n) is 2.63. The van der Waals surface area contributed by atoms with Crippen LogP contribution in [0.2, 0.25) is 15.1 Å². The van der Waals surface area contributed by atoms with E-state index in [4.69, 9.17) is 34.8 Å². The van der Waals surface area contributed by atoms with Crippen LogP contribution in [0.15, 0.2) is 36.4 Å². The van der Waals surface area contributed by atoms with Gasteiger partial charge in [-0.1, -0.05) is 40.9 Å². The Hall–Kier alpha value is -1.29. The smallest absolute Gasteiger partial charge is 0.253 e. The maximum Gasteiger partial charge on any atom is 0.253 e. The third-order valence-corrected chi connectivity index (χ3v) is 3.53. The number of nitrogens with one attached hydrogen (secondary N) is 1. The fraction of sp³-hybridized carbons (Fsp3) is 0.0714. The maximum atomic E-state index is 12.9. The quantitative estimate of drug-likeness (QED) is 0.866. The van der Waals surface area contributed by atoms with Crippen LogP contribution in [-0.2, 0) is 6.54 Å². The molecule has 0 atom stereocenters. The minimum atomic E-state index is -0.493. The van der Waals surface area contributed by atoms with Gasteiger partial charge in [0, 0.05) is 16.6 Å². The van der Waals surface area contributed by atoms with Gasteiger partial charge in [0.05, 0.1) is 10.6 Å². The molecule has 0 fully saturated rings. The van der Waals surface area contributed by atoms with E-state index in [9.17, 15) is 9.18 Å². The number of carbonyl (C=O) groups is 1. The highest BCUT2D eigenvalue weighted by molar-refractivity contribution is 6.35. The summed E-state index contributed by atoms with van der Waals surface area (Å²) in [5.74, 6) is -0.895. The van der Waals surface area contributed by atoms with Crippen LogP contribution in [-0.4, -0.2) is 5.91 Å². The van der Waals surface area contributed by atoms with Gasteiger partial charge in [-0.2, -0.15) is 0 Å². The molecule has 20 heavy (non-hydrogen) atoms. The molecule has 104 valence electrons. The average molecular weight is 333 g/mol. The van der Waals surface area contributed by atoms with Gasteiger partial charge in [0.25, 0.3) is 5.91 Å². The van der Waals surface area contributed by atoms with Crippen molar-refractivity contribution in [2.45, 2.75) is 6.54 Å². The highest BCUT2D eigenvalue weighted by Gasteiger charge is 2.11. The first kappa shape index (κ1) is 15.1. The summed E-state index contributed by atoms with van der Waals surface area (Å²) in [5.41, 5.74) is 0.931. The maximum absolute atomic E-state index is 12.9. The number of hydrogen-bond donors (Lipinski definition) is 1. The molecule has 0 saturated carbocycles. The molecule has 1 N–H and O–H groups in total. The van der Waals surface area contributed by atoms with E-state index in [0.29, 0.717) is 10.0 Å². The summed E-state index contributed by atoms with van der Waals surface area (Å²) >= 11 is 17.6. The van der Waals surface area contributed by atoms with Crippen molar-refractivity contribution >= 4 is 40.7 Å². The molecule has 0 aromatic heterocycles. The molecule has 0 saturated heterocycles. The zero-order valence-electron chi connectivity index (χ0n) is 10.1. The minimum absolute atomic E-state index is 0.0599. The normalized spacial score (nSPS) is 10.4. The molecule has 0 radical (unpaired) electrons. The van der Waals surface area contributed by atoms with Gasteiger partial charge in [-0.15, -0.1) is 0 Å². The van der Waals surface area contributed by atoms with E-state index < -0.39 is 11.7 Å². The number of amides is 1. The number of hydrogen-bond acceptors (Lipinski definition) is 1. The molecule has 2 aromatic rings. The highest BCUT2D eigenvalue weighted by Crippen LogP contribution is 2.21. The third kappa shape index (κ3) is 3.63. The molecule has 1 amide bonds. The van der Waals surface area contributed by atoms with Crippen molar-refractivity contribution in [3.05, 3.63) is 68.4 Å². The molecule has 2 nitrogen and oxygen atoms in total. The standard InChI is InChI=1S/C14H9Cl3FNO/c15-9-2-1-8(12(16)5-9)7-19-14(20)11-4-3-10(18)6-13(11)17/h1-6H,7H2,(H,19,20). The fourth-order valence-electron chi connectivity index (χ4n) is 1.61. The van der Waals surface area contributed by atoms with Crippen molar-refractivity contribution in [2.75, 3.05) is 0 Å². The zero-order chi connectivity index (χ0) is 14.7. The van der Waals surface area contributed by atoms with Gasteiger partial charge in [0.1, 0.15) is 5.82 Å². The van der Waals surface area contributed by atoms with Gasteiger partial charge >= 0.3 is 0 Å². The van der Waals surface area contributed by atoms with Crippen molar-refractivity contribution in [1.29, 1.82) is 0 Å². The van der Waals surface area contributed by atoms with Gasteiger partial charge in [-0.05, 0) is 35.9 Å². The lowest BCUT2D eigenvalue weighted by molar-refractivity contribution is 0.0951. The summed E-state index contributed by atoms with van der Waals surface area (Å²) in [7, 11) is 0. The molecule has 0 unspecified atom stereocenters. The van der Waals surface area contributed by atoms with Crippen LogP contribution in [0.25, 0.3) is 0 Å². The van der Waals surface area contributed by atoms with Crippen molar-refractivity contribution in [1.82, 2.24) is 5.32 Å². The van der Waals surface area contributed by atoms with E-state index >= 15 is 0 Å². The van der Waals surface area contributed by atoms with Crippen LogP contribution < -0.4 is 5.32 Å². The summed E-state index contributed by atoms with van der Waals surface area (Å²) < 4.78 is 12.9. The second-order valence-corrected chi connectivity index (χ2v) is 5.29. The Balaban J connectivity index is 2.08. The molecule has 6 heteroatoms. The molecule has 0 aliphatic heterocycles. The molecule has 0 aliphatic rings. The second-order valence-electron chi connectivity index (χ2n) is 4.04. The van der Waals surface area contributed by atoms with E-state index in [1.165, 1.54) is 12.1 Å². The molecule has 0 spiro atoms. The van der Waals surface area contributed by atoms with Crippen LogP contribution in [0.3, 0.4) is 0 Å². The fourth-order valence-corrected chi connectivity index (χ4v) is 2.34. The lowest BCUT2D eigenvalue weighted by Crippen LogP contribution is -2.23.